The van der Waals surface area contributed by atoms with Gasteiger partial charge < -0.3 is 10.1 Å². The predicted molar refractivity (Wildman–Crippen MR) is 78.0 cm³/mol. The third-order valence-corrected chi connectivity index (χ3v) is 3.58. The van der Waals surface area contributed by atoms with E-state index in [9.17, 15) is 0 Å². The molecule has 0 aliphatic carbocycles. The van der Waals surface area contributed by atoms with E-state index in [0.717, 1.165) is 44.7 Å². The normalized spacial score (nSPS) is 22.0. The molecule has 1 heterocycles. The summed E-state index contributed by atoms with van der Waals surface area (Å²) in [5, 5.41) is 3.50. The van der Waals surface area contributed by atoms with E-state index in [1.165, 1.54) is 19.4 Å². The van der Waals surface area contributed by atoms with Crippen molar-refractivity contribution in [1.82, 2.24) is 10.2 Å². The van der Waals surface area contributed by atoms with Crippen molar-refractivity contribution in [1.29, 1.82) is 0 Å². The van der Waals surface area contributed by atoms with Crippen LogP contribution in [0.2, 0.25) is 0 Å². The van der Waals surface area contributed by atoms with E-state index in [-0.39, 0.29) is 0 Å². The molecule has 0 bridgehead atoms. The van der Waals surface area contributed by atoms with Crippen molar-refractivity contribution in [3.05, 3.63) is 0 Å². The molecule has 0 aromatic carbocycles. The Morgan fingerprint density at radius 2 is 1.94 bits per heavy atom. The molecule has 1 unspecified atom stereocenters. The van der Waals surface area contributed by atoms with E-state index in [4.69, 9.17) is 4.74 Å². The molecule has 108 valence electrons. The van der Waals surface area contributed by atoms with Gasteiger partial charge in [0.15, 0.2) is 0 Å². The van der Waals surface area contributed by atoms with Gasteiger partial charge in [0.05, 0.1) is 6.61 Å². The van der Waals surface area contributed by atoms with Crippen molar-refractivity contribution in [2.45, 2.75) is 46.6 Å². The van der Waals surface area contributed by atoms with Crippen molar-refractivity contribution < 1.29 is 4.74 Å². The SMILES string of the molecule is CC(C)CCOCCN1CCNCC1CC(C)C. The Bertz CT molecular complexity index is 207. The average molecular weight is 256 g/mol. The quantitative estimate of drug-likeness (QED) is 0.675. The Kier molecular flexibility index (Phi) is 7.87. The van der Waals surface area contributed by atoms with Gasteiger partial charge in [-0.25, -0.2) is 0 Å². The summed E-state index contributed by atoms with van der Waals surface area (Å²) in [6.07, 6.45) is 2.47. The first-order chi connectivity index (χ1) is 8.59. The molecule has 1 fully saturated rings. The van der Waals surface area contributed by atoms with Crippen LogP contribution in [-0.4, -0.2) is 50.3 Å². The zero-order valence-corrected chi connectivity index (χ0v) is 12.7. The second-order valence-electron chi connectivity index (χ2n) is 6.32. The Balaban J connectivity index is 2.17. The number of nitrogens with one attached hydrogen (secondary N) is 1. The van der Waals surface area contributed by atoms with Crippen LogP contribution in [0.1, 0.15) is 40.5 Å². The van der Waals surface area contributed by atoms with Gasteiger partial charge in [-0.15, -0.1) is 0 Å². The predicted octanol–water partition coefficient (Wildman–Crippen LogP) is 2.37. The topological polar surface area (TPSA) is 24.5 Å². The molecule has 0 amide bonds. The highest BCUT2D eigenvalue weighted by molar-refractivity contribution is 4.80. The van der Waals surface area contributed by atoms with Crippen molar-refractivity contribution in [2.75, 3.05) is 39.4 Å². The number of hydrogen-bond acceptors (Lipinski definition) is 3. The van der Waals surface area contributed by atoms with Crippen LogP contribution in [-0.2, 0) is 4.74 Å². The molecule has 0 saturated carbocycles. The molecule has 1 aliphatic heterocycles. The fourth-order valence-electron chi connectivity index (χ4n) is 2.48. The zero-order chi connectivity index (χ0) is 13.4. The van der Waals surface area contributed by atoms with Crippen molar-refractivity contribution in [3.63, 3.8) is 0 Å². The lowest BCUT2D eigenvalue weighted by atomic mass is 10.0. The fourth-order valence-corrected chi connectivity index (χ4v) is 2.48. The van der Waals surface area contributed by atoms with Crippen LogP contribution >= 0.6 is 0 Å². The van der Waals surface area contributed by atoms with Crippen LogP contribution in [0.25, 0.3) is 0 Å². The van der Waals surface area contributed by atoms with Crippen LogP contribution in [0.15, 0.2) is 0 Å². The Hall–Kier alpha value is -0.120. The molecule has 0 spiro atoms. The van der Waals surface area contributed by atoms with Gasteiger partial charge in [0.25, 0.3) is 0 Å². The zero-order valence-electron chi connectivity index (χ0n) is 12.7. The van der Waals surface area contributed by atoms with E-state index in [2.05, 4.69) is 37.9 Å². The molecule has 1 rings (SSSR count). The summed E-state index contributed by atoms with van der Waals surface area (Å²) < 4.78 is 5.74. The second-order valence-corrected chi connectivity index (χ2v) is 6.32. The molecule has 1 aliphatic rings. The first kappa shape index (κ1) is 15.9. The smallest absolute Gasteiger partial charge is 0.0593 e. The maximum Gasteiger partial charge on any atom is 0.0593 e. The lowest BCUT2D eigenvalue weighted by Crippen LogP contribution is -2.52. The highest BCUT2D eigenvalue weighted by Gasteiger charge is 2.22. The summed E-state index contributed by atoms with van der Waals surface area (Å²) in [5.41, 5.74) is 0. The minimum atomic E-state index is 0.701. The largest absolute Gasteiger partial charge is 0.380 e. The summed E-state index contributed by atoms with van der Waals surface area (Å²) in [6.45, 7) is 15.5. The lowest BCUT2D eigenvalue weighted by molar-refractivity contribution is 0.0664. The summed E-state index contributed by atoms with van der Waals surface area (Å²) >= 11 is 0. The van der Waals surface area contributed by atoms with Gasteiger partial charge in [0, 0.05) is 38.8 Å². The van der Waals surface area contributed by atoms with E-state index in [1.54, 1.807) is 0 Å². The monoisotopic (exact) mass is 256 g/mol. The number of nitrogens with zero attached hydrogens (tertiary/aromatic N) is 1. The van der Waals surface area contributed by atoms with Crippen molar-refractivity contribution in [2.24, 2.45) is 11.8 Å². The van der Waals surface area contributed by atoms with Crippen molar-refractivity contribution >= 4 is 0 Å². The van der Waals surface area contributed by atoms with Crippen LogP contribution in [0.4, 0.5) is 0 Å². The summed E-state index contributed by atoms with van der Waals surface area (Å²) in [4.78, 5) is 2.60. The molecule has 18 heavy (non-hydrogen) atoms. The Morgan fingerprint density at radius 3 is 2.61 bits per heavy atom. The fraction of sp³-hybridized carbons (Fsp3) is 1.00. The molecule has 0 aromatic heterocycles. The van der Waals surface area contributed by atoms with Gasteiger partial charge in [0.1, 0.15) is 0 Å². The first-order valence-electron chi connectivity index (χ1n) is 7.62. The standard InChI is InChI=1S/C15H32N2O/c1-13(2)5-9-18-10-8-17-7-6-16-12-15(17)11-14(3)4/h13-16H,5-12H2,1-4H3. The number of rotatable bonds is 8. The van der Waals surface area contributed by atoms with Crippen LogP contribution < -0.4 is 5.32 Å². The van der Waals surface area contributed by atoms with Gasteiger partial charge in [-0.2, -0.15) is 0 Å². The maximum atomic E-state index is 5.74. The van der Waals surface area contributed by atoms with Gasteiger partial charge in [-0.1, -0.05) is 27.7 Å². The molecular weight excluding hydrogens is 224 g/mol. The third kappa shape index (κ3) is 6.72. The average Bonchev–Trinajstić information content (AvgIpc) is 2.29. The first-order valence-corrected chi connectivity index (χ1v) is 7.62. The molecule has 1 N–H and O–H groups in total. The molecule has 1 atom stereocenters. The summed E-state index contributed by atoms with van der Waals surface area (Å²) in [5.74, 6) is 1.53. The van der Waals surface area contributed by atoms with Gasteiger partial charge in [0.2, 0.25) is 0 Å². The van der Waals surface area contributed by atoms with Crippen LogP contribution in [0, 0.1) is 11.8 Å². The number of ether oxygens (including phenoxy) is 1. The van der Waals surface area contributed by atoms with E-state index >= 15 is 0 Å². The van der Waals surface area contributed by atoms with E-state index in [1.807, 2.05) is 0 Å². The van der Waals surface area contributed by atoms with Gasteiger partial charge in [-0.3, -0.25) is 4.90 Å². The van der Waals surface area contributed by atoms with Crippen LogP contribution in [0.5, 0.6) is 0 Å². The Labute approximate surface area is 113 Å². The summed E-state index contributed by atoms with van der Waals surface area (Å²) in [7, 11) is 0. The molecule has 0 radical (unpaired) electrons. The lowest BCUT2D eigenvalue weighted by Gasteiger charge is -2.37. The third-order valence-electron chi connectivity index (χ3n) is 3.58. The van der Waals surface area contributed by atoms with Crippen LogP contribution in [0.3, 0.4) is 0 Å². The highest BCUT2D eigenvalue weighted by Crippen LogP contribution is 2.13. The highest BCUT2D eigenvalue weighted by atomic mass is 16.5. The molecule has 1 saturated heterocycles. The van der Waals surface area contributed by atoms with Crippen molar-refractivity contribution in [3.8, 4) is 0 Å². The molecule has 3 heteroatoms. The summed E-state index contributed by atoms with van der Waals surface area (Å²) in [6, 6.07) is 0.701. The Morgan fingerprint density at radius 1 is 1.17 bits per heavy atom. The minimum Gasteiger partial charge on any atom is -0.380 e. The van der Waals surface area contributed by atoms with E-state index < -0.39 is 0 Å². The molecule has 0 aromatic rings. The number of hydrogen-bond donors (Lipinski definition) is 1. The van der Waals surface area contributed by atoms with E-state index in [0.29, 0.717) is 6.04 Å². The van der Waals surface area contributed by atoms with Gasteiger partial charge >= 0.3 is 0 Å². The number of piperazine rings is 1. The maximum absolute atomic E-state index is 5.74. The minimum absolute atomic E-state index is 0.701. The molecule has 3 nitrogen and oxygen atoms in total. The second kappa shape index (κ2) is 8.89. The van der Waals surface area contributed by atoms with Gasteiger partial charge in [-0.05, 0) is 24.7 Å². The molecular formula is C15H32N2O.